The van der Waals surface area contributed by atoms with Crippen LogP contribution in [0.1, 0.15) is 19.3 Å². The van der Waals surface area contributed by atoms with Crippen molar-refractivity contribution < 1.29 is 9.18 Å². The zero-order chi connectivity index (χ0) is 12.5. The quantitative estimate of drug-likeness (QED) is 0.758. The molecule has 1 fully saturated rings. The Morgan fingerprint density at radius 2 is 2.17 bits per heavy atom. The number of urea groups is 1. The van der Waals surface area contributed by atoms with E-state index in [4.69, 9.17) is 0 Å². The molecule has 2 aliphatic heterocycles. The number of anilines is 1. The van der Waals surface area contributed by atoms with Gasteiger partial charge in [-0.3, -0.25) is 0 Å². The van der Waals surface area contributed by atoms with Crippen molar-refractivity contribution in [2.75, 3.05) is 5.32 Å². The third-order valence-electron chi connectivity index (χ3n) is 3.66. The van der Waals surface area contributed by atoms with Gasteiger partial charge in [0.15, 0.2) is 0 Å². The topological polar surface area (TPSA) is 32.3 Å². The van der Waals surface area contributed by atoms with Gasteiger partial charge in [-0.15, -0.1) is 0 Å². The van der Waals surface area contributed by atoms with Gasteiger partial charge in [0.05, 0.1) is 11.7 Å². The van der Waals surface area contributed by atoms with Crippen LogP contribution in [0.15, 0.2) is 36.4 Å². The first kappa shape index (κ1) is 11.3. The van der Waals surface area contributed by atoms with Crippen molar-refractivity contribution in [2.24, 2.45) is 0 Å². The molecule has 0 spiro atoms. The summed E-state index contributed by atoms with van der Waals surface area (Å²) in [4.78, 5) is 14.0. The highest BCUT2D eigenvalue weighted by Gasteiger charge is 2.37. The van der Waals surface area contributed by atoms with Crippen molar-refractivity contribution in [1.82, 2.24) is 4.90 Å². The summed E-state index contributed by atoms with van der Waals surface area (Å²) in [5, 5.41) is 2.66. The Bertz CT molecular complexity index is 500. The first-order valence-electron chi connectivity index (χ1n) is 6.26. The number of carbonyl (C=O) groups excluding carboxylic acids is 1. The molecule has 2 amide bonds. The summed E-state index contributed by atoms with van der Waals surface area (Å²) in [6.45, 7) is 0. The molecule has 18 heavy (non-hydrogen) atoms. The Balaban J connectivity index is 1.76. The first-order chi connectivity index (χ1) is 8.75. The van der Waals surface area contributed by atoms with E-state index in [0.717, 1.165) is 19.3 Å². The number of amides is 2. The average Bonchev–Trinajstić information content (AvgIpc) is 2.62. The summed E-state index contributed by atoms with van der Waals surface area (Å²) in [5.41, 5.74) is 0.247. The van der Waals surface area contributed by atoms with Crippen molar-refractivity contribution in [1.29, 1.82) is 0 Å². The van der Waals surface area contributed by atoms with Crippen LogP contribution in [0.4, 0.5) is 14.9 Å². The molecule has 2 atom stereocenters. The molecule has 3 rings (SSSR count). The van der Waals surface area contributed by atoms with Crippen LogP contribution in [-0.2, 0) is 0 Å². The van der Waals surface area contributed by atoms with E-state index in [9.17, 15) is 9.18 Å². The fourth-order valence-electron chi connectivity index (χ4n) is 2.78. The molecule has 1 saturated heterocycles. The molecule has 94 valence electrons. The number of nitrogens with zero attached hydrogens (tertiary/aromatic N) is 1. The second kappa shape index (κ2) is 4.44. The van der Waals surface area contributed by atoms with Gasteiger partial charge in [0.2, 0.25) is 0 Å². The van der Waals surface area contributed by atoms with Gasteiger partial charge in [0, 0.05) is 6.04 Å². The third-order valence-corrected chi connectivity index (χ3v) is 3.66. The number of carbonyl (C=O) groups is 1. The normalized spacial score (nSPS) is 25.3. The fourth-order valence-corrected chi connectivity index (χ4v) is 2.78. The van der Waals surface area contributed by atoms with Crippen LogP contribution in [0.5, 0.6) is 0 Å². The number of hydrogen-bond acceptors (Lipinski definition) is 1. The number of rotatable bonds is 1. The minimum atomic E-state index is -0.397. The number of benzene rings is 1. The van der Waals surface area contributed by atoms with Gasteiger partial charge in [-0.2, -0.15) is 0 Å². The molecule has 0 saturated carbocycles. The summed E-state index contributed by atoms with van der Waals surface area (Å²) in [6, 6.07) is 6.50. The molecule has 2 bridgehead atoms. The van der Waals surface area contributed by atoms with Crippen LogP contribution in [0, 0.1) is 5.82 Å². The highest BCUT2D eigenvalue weighted by molar-refractivity contribution is 5.90. The monoisotopic (exact) mass is 246 g/mol. The second-order valence-electron chi connectivity index (χ2n) is 4.78. The van der Waals surface area contributed by atoms with E-state index in [1.807, 2.05) is 4.90 Å². The van der Waals surface area contributed by atoms with Gasteiger partial charge in [-0.05, 0) is 31.4 Å². The van der Waals surface area contributed by atoms with Gasteiger partial charge in [0.1, 0.15) is 5.82 Å². The predicted molar refractivity (Wildman–Crippen MR) is 67.8 cm³/mol. The van der Waals surface area contributed by atoms with E-state index < -0.39 is 5.82 Å². The standard InChI is InChI=1S/C14H15FN2O/c15-12-6-1-2-7-13(12)16-14(18)17-10-4-3-5-11(17)9-8-10/h1-4,6-7,10-11H,5,8-9H2,(H,16,18). The van der Waals surface area contributed by atoms with E-state index >= 15 is 0 Å². The Labute approximate surface area is 105 Å². The molecule has 0 aliphatic carbocycles. The van der Waals surface area contributed by atoms with Gasteiger partial charge in [-0.25, -0.2) is 9.18 Å². The third kappa shape index (κ3) is 1.88. The minimum absolute atomic E-state index is 0.176. The maximum Gasteiger partial charge on any atom is 0.322 e. The van der Waals surface area contributed by atoms with E-state index in [-0.39, 0.29) is 23.8 Å². The smallest absolute Gasteiger partial charge is 0.315 e. The van der Waals surface area contributed by atoms with Crippen LogP contribution in [0.25, 0.3) is 0 Å². The zero-order valence-electron chi connectivity index (χ0n) is 9.97. The molecule has 1 N–H and O–H groups in total. The second-order valence-corrected chi connectivity index (χ2v) is 4.78. The van der Waals surface area contributed by atoms with E-state index in [1.165, 1.54) is 6.07 Å². The summed E-state index contributed by atoms with van der Waals surface area (Å²) in [5.74, 6) is -0.397. The van der Waals surface area contributed by atoms with Crippen LogP contribution >= 0.6 is 0 Å². The lowest BCUT2D eigenvalue weighted by molar-refractivity contribution is 0.192. The van der Waals surface area contributed by atoms with Crippen LogP contribution in [0.2, 0.25) is 0 Å². The fraction of sp³-hybridized carbons (Fsp3) is 0.357. The Morgan fingerprint density at radius 3 is 2.94 bits per heavy atom. The number of halogens is 1. The van der Waals surface area contributed by atoms with Gasteiger partial charge < -0.3 is 10.2 Å². The Hall–Kier alpha value is -1.84. The van der Waals surface area contributed by atoms with Crippen molar-refractivity contribution in [3.05, 3.63) is 42.2 Å². The van der Waals surface area contributed by atoms with Gasteiger partial charge in [-0.1, -0.05) is 24.3 Å². The molecule has 2 unspecified atom stereocenters. The summed E-state index contributed by atoms with van der Waals surface area (Å²) in [6.07, 6.45) is 7.15. The lowest BCUT2D eigenvalue weighted by Crippen LogP contribution is -2.44. The Morgan fingerprint density at radius 1 is 1.33 bits per heavy atom. The molecule has 2 aliphatic rings. The zero-order valence-corrected chi connectivity index (χ0v) is 9.97. The highest BCUT2D eigenvalue weighted by atomic mass is 19.1. The molecular formula is C14H15FN2O. The summed E-state index contributed by atoms with van der Waals surface area (Å²) in [7, 11) is 0. The Kier molecular flexibility index (Phi) is 2.78. The molecule has 4 heteroatoms. The predicted octanol–water partition coefficient (Wildman–Crippen LogP) is 3.15. The first-order valence-corrected chi connectivity index (χ1v) is 6.26. The van der Waals surface area contributed by atoms with Gasteiger partial charge in [0.25, 0.3) is 0 Å². The number of nitrogens with one attached hydrogen (secondary N) is 1. The van der Waals surface area contributed by atoms with Crippen LogP contribution in [0.3, 0.4) is 0 Å². The molecule has 2 heterocycles. The van der Waals surface area contributed by atoms with Crippen molar-refractivity contribution in [2.45, 2.75) is 31.3 Å². The molecule has 1 aromatic carbocycles. The maximum atomic E-state index is 13.5. The minimum Gasteiger partial charge on any atom is -0.315 e. The molecular weight excluding hydrogens is 231 g/mol. The van der Waals surface area contributed by atoms with E-state index in [0.29, 0.717) is 0 Å². The SMILES string of the molecule is O=C(Nc1ccccc1F)N1C2C=CCC1CC2. The van der Waals surface area contributed by atoms with Crippen molar-refractivity contribution in [3.8, 4) is 0 Å². The molecule has 1 aromatic rings. The summed E-state index contributed by atoms with van der Waals surface area (Å²) >= 11 is 0. The van der Waals surface area contributed by atoms with Crippen LogP contribution in [-0.4, -0.2) is 23.0 Å². The molecule has 0 radical (unpaired) electrons. The molecule has 3 nitrogen and oxygen atoms in total. The number of para-hydroxylation sites is 1. The van der Waals surface area contributed by atoms with Crippen molar-refractivity contribution in [3.63, 3.8) is 0 Å². The maximum absolute atomic E-state index is 13.5. The van der Waals surface area contributed by atoms with Gasteiger partial charge >= 0.3 is 6.03 Å². The summed E-state index contributed by atoms with van der Waals surface area (Å²) < 4.78 is 13.5. The molecule has 0 aromatic heterocycles. The average molecular weight is 246 g/mol. The number of fused-ring (bicyclic) bond motifs is 2. The lowest BCUT2D eigenvalue weighted by atomic mass is 10.1. The lowest BCUT2D eigenvalue weighted by Gasteiger charge is -2.31. The van der Waals surface area contributed by atoms with Crippen LogP contribution < -0.4 is 5.32 Å². The van der Waals surface area contributed by atoms with Crippen molar-refractivity contribution >= 4 is 11.7 Å². The largest absolute Gasteiger partial charge is 0.322 e. The highest BCUT2D eigenvalue weighted by Crippen LogP contribution is 2.32. The van der Waals surface area contributed by atoms with E-state index in [1.54, 1.807) is 18.2 Å². The number of hydrogen-bond donors (Lipinski definition) is 1. The van der Waals surface area contributed by atoms with E-state index in [2.05, 4.69) is 17.5 Å².